The van der Waals surface area contributed by atoms with Crippen molar-refractivity contribution in [3.8, 4) is 5.75 Å². The molecular formula is C19H24N2O2. The van der Waals surface area contributed by atoms with Gasteiger partial charge in [0.2, 0.25) is 0 Å². The highest BCUT2D eigenvalue weighted by Crippen LogP contribution is 2.30. The Bertz CT molecular complexity index is 615. The van der Waals surface area contributed by atoms with Gasteiger partial charge in [-0.15, -0.1) is 0 Å². The molecule has 0 amide bonds. The maximum Gasteiger partial charge on any atom is 0.158 e. The van der Waals surface area contributed by atoms with Crippen LogP contribution in [0.25, 0.3) is 0 Å². The van der Waals surface area contributed by atoms with E-state index in [9.17, 15) is 0 Å². The van der Waals surface area contributed by atoms with Gasteiger partial charge in [0, 0.05) is 26.2 Å². The molecule has 2 aromatic rings. The zero-order chi connectivity index (χ0) is 16.2. The number of methoxy groups -OCH3 is 1. The largest absolute Gasteiger partial charge is 0.497 e. The van der Waals surface area contributed by atoms with Gasteiger partial charge in [-0.2, -0.15) is 5.06 Å². The van der Waals surface area contributed by atoms with Gasteiger partial charge < -0.3 is 4.74 Å². The molecular weight excluding hydrogens is 288 g/mol. The van der Waals surface area contributed by atoms with E-state index in [1.807, 2.05) is 30.3 Å². The van der Waals surface area contributed by atoms with E-state index in [4.69, 9.17) is 9.57 Å². The summed E-state index contributed by atoms with van der Waals surface area (Å²) in [5.74, 6) is 0.886. The first-order valence-corrected chi connectivity index (χ1v) is 7.99. The number of likely N-dealkylation sites (N-methyl/N-ethyl adjacent to an activating group) is 1. The summed E-state index contributed by atoms with van der Waals surface area (Å²) >= 11 is 0. The van der Waals surface area contributed by atoms with E-state index in [2.05, 4.69) is 48.2 Å². The van der Waals surface area contributed by atoms with Gasteiger partial charge in [0.25, 0.3) is 0 Å². The summed E-state index contributed by atoms with van der Waals surface area (Å²) in [5, 5.41) is 1.96. The average Bonchev–Trinajstić information content (AvgIpc) is 2.59. The fourth-order valence-electron chi connectivity index (χ4n) is 2.88. The Morgan fingerprint density at radius 2 is 1.78 bits per heavy atom. The number of hydrogen-bond donors (Lipinski definition) is 0. The molecule has 0 aromatic heterocycles. The van der Waals surface area contributed by atoms with Crippen molar-refractivity contribution in [1.82, 2.24) is 9.96 Å². The number of ether oxygens (including phenoxy) is 1. The van der Waals surface area contributed by atoms with Crippen molar-refractivity contribution in [1.29, 1.82) is 0 Å². The normalized spacial score (nSPS) is 22.9. The van der Waals surface area contributed by atoms with E-state index in [1.54, 1.807) is 7.11 Å². The maximum absolute atomic E-state index is 6.15. The molecule has 1 aliphatic heterocycles. The Kier molecular flexibility index (Phi) is 4.96. The van der Waals surface area contributed by atoms with Crippen molar-refractivity contribution in [2.45, 2.75) is 25.7 Å². The molecule has 0 radical (unpaired) electrons. The Hall–Kier alpha value is -1.88. The Morgan fingerprint density at radius 1 is 1.09 bits per heavy atom. The molecule has 0 saturated carbocycles. The van der Waals surface area contributed by atoms with Gasteiger partial charge in [-0.05, 0) is 30.2 Å². The zero-order valence-electron chi connectivity index (χ0n) is 14.0. The molecule has 1 fully saturated rings. The summed E-state index contributed by atoms with van der Waals surface area (Å²) in [6.07, 6.45) is -0.0560. The minimum absolute atomic E-state index is 0.0560. The molecule has 0 aliphatic carbocycles. The monoisotopic (exact) mass is 312 g/mol. The highest BCUT2D eigenvalue weighted by Gasteiger charge is 2.31. The molecule has 0 unspecified atom stereocenters. The summed E-state index contributed by atoms with van der Waals surface area (Å²) < 4.78 is 5.24. The van der Waals surface area contributed by atoms with Crippen molar-refractivity contribution in [3.63, 3.8) is 0 Å². The zero-order valence-corrected chi connectivity index (χ0v) is 14.0. The highest BCUT2D eigenvalue weighted by molar-refractivity contribution is 5.27. The summed E-state index contributed by atoms with van der Waals surface area (Å²) in [4.78, 5) is 8.53. The molecule has 1 saturated heterocycles. The number of rotatable bonds is 4. The first-order valence-electron chi connectivity index (χ1n) is 7.99. The van der Waals surface area contributed by atoms with E-state index in [0.29, 0.717) is 6.04 Å². The Balaban J connectivity index is 1.80. The van der Waals surface area contributed by atoms with Crippen LogP contribution >= 0.6 is 0 Å². The lowest BCUT2D eigenvalue weighted by Crippen LogP contribution is -2.49. The van der Waals surface area contributed by atoms with Crippen LogP contribution in [0.15, 0.2) is 54.6 Å². The predicted octanol–water partition coefficient (Wildman–Crippen LogP) is 3.46. The van der Waals surface area contributed by atoms with Crippen LogP contribution in [-0.2, 0) is 11.4 Å². The SMILES string of the molecule is COc1ccc(CN2C[C@H](C)N(C)O[C@H]2c2ccccc2)cc1. The molecule has 23 heavy (non-hydrogen) atoms. The van der Waals surface area contributed by atoms with E-state index < -0.39 is 0 Å². The topological polar surface area (TPSA) is 24.9 Å². The lowest BCUT2D eigenvalue weighted by atomic mass is 10.1. The summed E-state index contributed by atoms with van der Waals surface area (Å²) in [7, 11) is 3.70. The first-order chi connectivity index (χ1) is 11.2. The number of nitrogens with zero attached hydrogens (tertiary/aromatic N) is 2. The van der Waals surface area contributed by atoms with Gasteiger partial charge >= 0.3 is 0 Å². The molecule has 1 aliphatic rings. The van der Waals surface area contributed by atoms with Crippen molar-refractivity contribution < 1.29 is 9.57 Å². The molecule has 122 valence electrons. The van der Waals surface area contributed by atoms with Gasteiger partial charge in [-0.1, -0.05) is 42.5 Å². The second-order valence-electron chi connectivity index (χ2n) is 6.04. The van der Waals surface area contributed by atoms with Crippen LogP contribution in [0.1, 0.15) is 24.3 Å². The van der Waals surface area contributed by atoms with Crippen LogP contribution in [0.4, 0.5) is 0 Å². The van der Waals surface area contributed by atoms with Crippen molar-refractivity contribution >= 4 is 0 Å². The Labute approximate surface area is 138 Å². The molecule has 0 bridgehead atoms. The van der Waals surface area contributed by atoms with Crippen LogP contribution in [-0.4, -0.2) is 36.7 Å². The van der Waals surface area contributed by atoms with Crippen molar-refractivity contribution in [2.24, 2.45) is 0 Å². The van der Waals surface area contributed by atoms with E-state index in [1.165, 1.54) is 11.1 Å². The first kappa shape index (κ1) is 16.0. The number of benzene rings is 2. The minimum Gasteiger partial charge on any atom is -0.497 e. The average molecular weight is 312 g/mol. The standard InChI is InChI=1S/C19H24N2O2/c1-15-13-21(14-16-9-11-18(22-3)12-10-16)19(23-20(15)2)17-7-5-4-6-8-17/h4-12,15,19H,13-14H2,1-3H3/t15-,19-/m0/s1. The van der Waals surface area contributed by atoms with Crippen molar-refractivity contribution in [3.05, 3.63) is 65.7 Å². The van der Waals surface area contributed by atoms with Crippen LogP contribution in [0, 0.1) is 0 Å². The third-order valence-corrected chi connectivity index (χ3v) is 4.35. The number of hydrogen-bond acceptors (Lipinski definition) is 4. The third kappa shape index (κ3) is 3.72. The maximum atomic E-state index is 6.15. The lowest BCUT2D eigenvalue weighted by Gasteiger charge is -2.43. The van der Waals surface area contributed by atoms with Crippen LogP contribution < -0.4 is 4.74 Å². The van der Waals surface area contributed by atoms with Gasteiger partial charge in [0.15, 0.2) is 6.23 Å². The minimum atomic E-state index is -0.0560. The van der Waals surface area contributed by atoms with E-state index >= 15 is 0 Å². The summed E-state index contributed by atoms with van der Waals surface area (Å²) in [5.41, 5.74) is 2.44. The van der Waals surface area contributed by atoms with Gasteiger partial charge in [-0.25, -0.2) is 0 Å². The molecule has 2 atom stereocenters. The molecule has 2 aromatic carbocycles. The van der Waals surface area contributed by atoms with Gasteiger partial charge in [0.1, 0.15) is 5.75 Å². The quantitative estimate of drug-likeness (QED) is 0.863. The van der Waals surface area contributed by atoms with Crippen LogP contribution in [0.2, 0.25) is 0 Å². The molecule has 0 spiro atoms. The second kappa shape index (κ2) is 7.13. The fourth-order valence-corrected chi connectivity index (χ4v) is 2.88. The van der Waals surface area contributed by atoms with Gasteiger partial charge in [-0.3, -0.25) is 9.74 Å². The molecule has 0 N–H and O–H groups in total. The second-order valence-corrected chi connectivity index (χ2v) is 6.04. The van der Waals surface area contributed by atoms with Crippen LogP contribution in [0.5, 0.6) is 5.75 Å². The summed E-state index contributed by atoms with van der Waals surface area (Å²) in [6.45, 7) is 3.99. The third-order valence-electron chi connectivity index (χ3n) is 4.35. The fraction of sp³-hybridized carbons (Fsp3) is 0.368. The predicted molar refractivity (Wildman–Crippen MR) is 90.9 cm³/mol. The van der Waals surface area contributed by atoms with Gasteiger partial charge in [0.05, 0.1) is 7.11 Å². The highest BCUT2D eigenvalue weighted by atomic mass is 16.7. The van der Waals surface area contributed by atoms with E-state index in [0.717, 1.165) is 18.8 Å². The smallest absolute Gasteiger partial charge is 0.158 e. The Morgan fingerprint density at radius 3 is 2.43 bits per heavy atom. The molecule has 4 heteroatoms. The van der Waals surface area contributed by atoms with Crippen molar-refractivity contribution in [2.75, 3.05) is 20.7 Å². The van der Waals surface area contributed by atoms with E-state index in [-0.39, 0.29) is 6.23 Å². The lowest BCUT2D eigenvalue weighted by molar-refractivity contribution is -0.287. The van der Waals surface area contributed by atoms with Crippen LogP contribution in [0.3, 0.4) is 0 Å². The molecule has 1 heterocycles. The summed E-state index contributed by atoms with van der Waals surface area (Å²) in [6, 6.07) is 19.0. The molecule has 3 rings (SSSR count). The molecule has 4 nitrogen and oxygen atoms in total. The number of hydroxylamine groups is 2.